The van der Waals surface area contributed by atoms with Gasteiger partial charge in [0.05, 0.1) is 23.9 Å². The van der Waals surface area contributed by atoms with Crippen molar-refractivity contribution in [2.24, 2.45) is 0 Å². The van der Waals surface area contributed by atoms with E-state index in [0.717, 1.165) is 22.6 Å². The maximum atomic E-state index is 12.1. The second kappa shape index (κ2) is 7.10. The lowest BCUT2D eigenvalue weighted by atomic mass is 10.3. The van der Waals surface area contributed by atoms with Gasteiger partial charge in [0.2, 0.25) is 0 Å². The fourth-order valence-corrected chi connectivity index (χ4v) is 2.95. The molecule has 0 aliphatic carbocycles. The van der Waals surface area contributed by atoms with Crippen molar-refractivity contribution in [2.45, 2.75) is 6.54 Å². The summed E-state index contributed by atoms with van der Waals surface area (Å²) in [6, 6.07) is 12.9. The largest absolute Gasteiger partial charge is 0.465 e. The highest BCUT2D eigenvalue weighted by Gasteiger charge is 2.14. The van der Waals surface area contributed by atoms with Gasteiger partial charge >= 0.3 is 5.97 Å². The molecule has 0 saturated heterocycles. The van der Waals surface area contributed by atoms with Crippen LogP contribution in [0.25, 0.3) is 5.69 Å². The molecule has 122 valence electrons. The quantitative estimate of drug-likeness (QED) is 0.724. The van der Waals surface area contributed by atoms with E-state index in [1.165, 1.54) is 7.11 Å². The summed E-state index contributed by atoms with van der Waals surface area (Å²) >= 11 is 1.10. The molecule has 0 unspecified atom stereocenters. The van der Waals surface area contributed by atoms with Crippen LogP contribution in [-0.2, 0) is 11.3 Å². The van der Waals surface area contributed by atoms with Crippen molar-refractivity contribution >= 4 is 23.2 Å². The molecule has 0 aliphatic rings. The molecule has 0 aliphatic heterocycles. The van der Waals surface area contributed by atoms with Crippen LogP contribution in [0.5, 0.6) is 0 Å². The number of amides is 1. The molecule has 0 spiro atoms. The maximum Gasteiger partial charge on any atom is 0.348 e. The molecule has 1 N–H and O–H groups in total. The number of aromatic nitrogens is 2. The van der Waals surface area contributed by atoms with Gasteiger partial charge < -0.3 is 10.1 Å². The van der Waals surface area contributed by atoms with Crippen LogP contribution in [0.3, 0.4) is 0 Å². The van der Waals surface area contributed by atoms with Gasteiger partial charge in [0, 0.05) is 18.3 Å². The number of methoxy groups -OCH3 is 1. The third-order valence-electron chi connectivity index (χ3n) is 3.33. The van der Waals surface area contributed by atoms with E-state index in [1.807, 2.05) is 36.5 Å². The van der Waals surface area contributed by atoms with E-state index in [0.29, 0.717) is 16.3 Å². The monoisotopic (exact) mass is 341 g/mol. The van der Waals surface area contributed by atoms with Gasteiger partial charge in [0.25, 0.3) is 5.91 Å². The van der Waals surface area contributed by atoms with Crippen LogP contribution < -0.4 is 5.32 Å². The Labute approximate surface area is 142 Å². The van der Waals surface area contributed by atoms with Crippen molar-refractivity contribution in [1.82, 2.24) is 15.1 Å². The van der Waals surface area contributed by atoms with Gasteiger partial charge in [0.15, 0.2) is 0 Å². The number of nitrogens with zero attached hydrogens (tertiary/aromatic N) is 2. The summed E-state index contributed by atoms with van der Waals surface area (Å²) in [6.45, 7) is 0.358. The van der Waals surface area contributed by atoms with E-state index < -0.39 is 5.97 Å². The van der Waals surface area contributed by atoms with Crippen molar-refractivity contribution in [1.29, 1.82) is 0 Å². The molecule has 24 heavy (non-hydrogen) atoms. The first-order valence-corrected chi connectivity index (χ1v) is 8.04. The molecule has 2 aromatic heterocycles. The van der Waals surface area contributed by atoms with Crippen LogP contribution in [0.2, 0.25) is 0 Å². The van der Waals surface area contributed by atoms with Gasteiger partial charge in [-0.2, -0.15) is 5.10 Å². The molecule has 0 radical (unpaired) electrons. The summed E-state index contributed by atoms with van der Waals surface area (Å²) in [5.41, 5.74) is 1.84. The Bertz CT molecular complexity index is 855. The minimum absolute atomic E-state index is 0.234. The number of ether oxygens (including phenoxy) is 1. The Kier molecular flexibility index (Phi) is 4.72. The van der Waals surface area contributed by atoms with E-state index in [-0.39, 0.29) is 5.91 Å². The first kappa shape index (κ1) is 15.9. The molecular weight excluding hydrogens is 326 g/mol. The Balaban J connectivity index is 1.62. The van der Waals surface area contributed by atoms with Gasteiger partial charge in [-0.25, -0.2) is 9.48 Å². The standard InChI is InChI=1S/C17H15N3O3S/c1-23-17(22)15-8-7-14(24-15)16(21)18-9-12-10-19-20(11-12)13-5-3-2-4-6-13/h2-8,10-11H,9H2,1H3,(H,18,21). The highest BCUT2D eigenvalue weighted by atomic mass is 32.1. The highest BCUT2D eigenvalue weighted by molar-refractivity contribution is 7.15. The van der Waals surface area contributed by atoms with Crippen LogP contribution >= 0.6 is 11.3 Å². The summed E-state index contributed by atoms with van der Waals surface area (Å²) in [5.74, 6) is -0.675. The fraction of sp³-hybridized carbons (Fsp3) is 0.118. The summed E-state index contributed by atoms with van der Waals surface area (Å²) in [7, 11) is 1.31. The van der Waals surface area contributed by atoms with E-state index in [2.05, 4.69) is 15.2 Å². The van der Waals surface area contributed by atoms with Crippen molar-refractivity contribution in [2.75, 3.05) is 7.11 Å². The van der Waals surface area contributed by atoms with Crippen LogP contribution in [0.1, 0.15) is 24.9 Å². The minimum Gasteiger partial charge on any atom is -0.465 e. The third-order valence-corrected chi connectivity index (χ3v) is 4.39. The zero-order valence-corrected chi connectivity index (χ0v) is 13.7. The number of thiophene rings is 1. The Morgan fingerprint density at radius 2 is 1.92 bits per heavy atom. The number of nitrogens with one attached hydrogen (secondary N) is 1. The molecular formula is C17H15N3O3S. The minimum atomic E-state index is -0.441. The molecule has 6 nitrogen and oxygen atoms in total. The first-order chi connectivity index (χ1) is 11.7. The van der Waals surface area contributed by atoms with Gasteiger partial charge in [-0.3, -0.25) is 4.79 Å². The van der Waals surface area contributed by atoms with Crippen LogP contribution in [0.4, 0.5) is 0 Å². The highest BCUT2D eigenvalue weighted by Crippen LogP contribution is 2.17. The SMILES string of the molecule is COC(=O)c1ccc(C(=O)NCc2cnn(-c3ccccc3)c2)s1. The average Bonchev–Trinajstić information content (AvgIpc) is 3.29. The second-order valence-electron chi connectivity index (χ2n) is 4.97. The van der Waals surface area contributed by atoms with Crippen molar-refractivity contribution in [3.63, 3.8) is 0 Å². The normalized spacial score (nSPS) is 10.4. The third kappa shape index (κ3) is 3.52. The smallest absolute Gasteiger partial charge is 0.348 e. The van der Waals surface area contributed by atoms with Gasteiger partial charge in [-0.05, 0) is 24.3 Å². The van der Waals surface area contributed by atoms with Crippen LogP contribution in [-0.4, -0.2) is 28.8 Å². The van der Waals surface area contributed by atoms with E-state index in [9.17, 15) is 9.59 Å². The number of hydrogen-bond donors (Lipinski definition) is 1. The van der Waals surface area contributed by atoms with E-state index in [1.54, 1.807) is 23.0 Å². The first-order valence-electron chi connectivity index (χ1n) is 7.22. The predicted octanol–water partition coefficient (Wildman–Crippen LogP) is 2.65. The molecule has 0 bridgehead atoms. The maximum absolute atomic E-state index is 12.1. The summed E-state index contributed by atoms with van der Waals surface area (Å²) < 4.78 is 6.38. The Hall–Kier alpha value is -2.93. The van der Waals surface area contributed by atoms with Gasteiger partial charge in [-0.1, -0.05) is 18.2 Å². The van der Waals surface area contributed by atoms with Gasteiger partial charge in [0.1, 0.15) is 4.88 Å². The zero-order chi connectivity index (χ0) is 16.9. The van der Waals surface area contributed by atoms with E-state index in [4.69, 9.17) is 0 Å². The van der Waals surface area contributed by atoms with Crippen LogP contribution in [0, 0.1) is 0 Å². The lowest BCUT2D eigenvalue weighted by molar-refractivity contribution is 0.0606. The number of hydrogen-bond acceptors (Lipinski definition) is 5. The molecule has 2 heterocycles. The summed E-state index contributed by atoms with van der Waals surface area (Å²) in [5, 5.41) is 7.10. The van der Waals surface area contributed by atoms with Crippen LogP contribution in [0.15, 0.2) is 54.9 Å². The van der Waals surface area contributed by atoms with Crippen molar-refractivity contribution in [3.05, 3.63) is 70.2 Å². The van der Waals surface area contributed by atoms with Crippen molar-refractivity contribution in [3.8, 4) is 5.69 Å². The van der Waals surface area contributed by atoms with Crippen molar-refractivity contribution < 1.29 is 14.3 Å². The Morgan fingerprint density at radius 3 is 2.67 bits per heavy atom. The van der Waals surface area contributed by atoms with E-state index >= 15 is 0 Å². The molecule has 0 fully saturated rings. The fourth-order valence-electron chi connectivity index (χ4n) is 2.11. The number of carbonyl (C=O) groups excluding carboxylic acids is 2. The summed E-state index contributed by atoms with van der Waals surface area (Å²) in [6.07, 6.45) is 3.57. The second-order valence-corrected chi connectivity index (χ2v) is 6.05. The van der Waals surface area contributed by atoms with Gasteiger partial charge in [-0.15, -0.1) is 11.3 Å². The number of para-hydroxylation sites is 1. The molecule has 1 amide bonds. The zero-order valence-electron chi connectivity index (χ0n) is 12.9. The Morgan fingerprint density at radius 1 is 1.17 bits per heavy atom. The lowest BCUT2D eigenvalue weighted by Crippen LogP contribution is -2.21. The lowest BCUT2D eigenvalue weighted by Gasteiger charge is -2.01. The number of rotatable bonds is 5. The predicted molar refractivity (Wildman–Crippen MR) is 90.4 cm³/mol. The number of benzene rings is 1. The average molecular weight is 341 g/mol. The number of carbonyl (C=O) groups is 2. The molecule has 3 rings (SSSR count). The molecule has 3 aromatic rings. The molecule has 0 atom stereocenters. The molecule has 7 heteroatoms. The number of esters is 1. The summed E-state index contributed by atoms with van der Waals surface area (Å²) in [4.78, 5) is 24.4. The molecule has 1 aromatic carbocycles. The topological polar surface area (TPSA) is 73.2 Å². The molecule has 0 saturated carbocycles.